The monoisotopic (exact) mass is 247 g/mol. The Labute approximate surface area is 93.4 Å². The third-order valence-corrected chi connectivity index (χ3v) is 2.01. The molecule has 1 rings (SSSR count). The highest BCUT2D eigenvalue weighted by Crippen LogP contribution is 2.29. The van der Waals surface area contributed by atoms with Crippen LogP contribution in [0.5, 0.6) is 0 Å². The second-order valence-corrected chi connectivity index (χ2v) is 2.96. The van der Waals surface area contributed by atoms with E-state index in [2.05, 4.69) is 4.98 Å². The number of nitrogens with zero attached hydrogens (tertiary/aromatic N) is 3. The van der Waals surface area contributed by atoms with Gasteiger partial charge in [-0.25, -0.2) is 13.8 Å². The summed E-state index contributed by atoms with van der Waals surface area (Å²) >= 11 is 5.39. The molecule has 84 valence electrons. The highest BCUT2D eigenvalue weighted by molar-refractivity contribution is 6.17. The van der Waals surface area contributed by atoms with Gasteiger partial charge in [-0.2, -0.15) is 5.26 Å². The number of nitro groups is 1. The summed E-state index contributed by atoms with van der Waals surface area (Å²) in [5.41, 5.74) is -2.11. The van der Waals surface area contributed by atoms with E-state index in [1.165, 1.54) is 0 Å². The number of pyridine rings is 1. The summed E-state index contributed by atoms with van der Waals surface area (Å²) in [7, 11) is 0. The molecule has 0 spiro atoms. The van der Waals surface area contributed by atoms with Crippen LogP contribution in [0.1, 0.15) is 23.4 Å². The Bertz CT molecular complexity index is 473. The highest BCUT2D eigenvalue weighted by Gasteiger charge is 2.26. The predicted molar refractivity (Wildman–Crippen MR) is 50.1 cm³/mol. The first kappa shape index (κ1) is 12.3. The first-order valence-electron chi connectivity index (χ1n) is 3.93. The van der Waals surface area contributed by atoms with Gasteiger partial charge in [-0.15, -0.1) is 11.6 Å². The van der Waals surface area contributed by atoms with Crippen molar-refractivity contribution in [2.75, 3.05) is 0 Å². The minimum absolute atomic E-state index is 0.0925. The predicted octanol–water partition coefficient (Wildman–Crippen LogP) is 2.54. The van der Waals surface area contributed by atoms with Crippen molar-refractivity contribution < 1.29 is 13.7 Å². The van der Waals surface area contributed by atoms with Gasteiger partial charge in [0, 0.05) is 6.07 Å². The van der Waals surface area contributed by atoms with E-state index in [1.807, 2.05) is 0 Å². The second kappa shape index (κ2) is 4.81. The molecule has 0 fully saturated rings. The molecule has 0 saturated heterocycles. The molecule has 0 radical (unpaired) electrons. The molecular formula is C8H4ClF2N3O2. The molecule has 1 aromatic heterocycles. The maximum atomic E-state index is 12.4. The van der Waals surface area contributed by atoms with E-state index >= 15 is 0 Å². The van der Waals surface area contributed by atoms with Crippen LogP contribution in [0.4, 0.5) is 14.5 Å². The smallest absolute Gasteiger partial charge is 0.258 e. The summed E-state index contributed by atoms with van der Waals surface area (Å²) < 4.78 is 24.9. The van der Waals surface area contributed by atoms with Crippen molar-refractivity contribution in [1.29, 1.82) is 5.26 Å². The Balaban J connectivity index is 3.49. The molecule has 5 nitrogen and oxygen atoms in total. The van der Waals surface area contributed by atoms with Gasteiger partial charge in [0.05, 0.1) is 22.1 Å². The zero-order chi connectivity index (χ0) is 12.3. The summed E-state index contributed by atoms with van der Waals surface area (Å²) in [6, 6.07) is 2.37. The zero-order valence-corrected chi connectivity index (χ0v) is 8.41. The molecule has 0 unspecified atom stereocenters. The zero-order valence-electron chi connectivity index (χ0n) is 7.65. The molecule has 0 atom stereocenters. The van der Waals surface area contributed by atoms with E-state index in [0.29, 0.717) is 0 Å². The number of rotatable bonds is 3. The maximum absolute atomic E-state index is 12.4. The number of alkyl halides is 3. The fourth-order valence-electron chi connectivity index (χ4n) is 1.06. The highest BCUT2D eigenvalue weighted by atomic mass is 35.5. The average Bonchev–Trinajstić information content (AvgIpc) is 2.26. The minimum Gasteiger partial charge on any atom is -0.258 e. The number of hydrogen-bond donors (Lipinski definition) is 0. The van der Waals surface area contributed by atoms with Gasteiger partial charge in [0.1, 0.15) is 6.07 Å². The quantitative estimate of drug-likeness (QED) is 0.467. The Morgan fingerprint density at radius 2 is 2.31 bits per heavy atom. The maximum Gasteiger partial charge on any atom is 0.298 e. The van der Waals surface area contributed by atoms with E-state index in [4.69, 9.17) is 16.9 Å². The fourth-order valence-corrected chi connectivity index (χ4v) is 1.27. The molecule has 0 aromatic carbocycles. The van der Waals surface area contributed by atoms with Crippen LogP contribution in [0.3, 0.4) is 0 Å². The molecule has 0 saturated carbocycles. The lowest BCUT2D eigenvalue weighted by Crippen LogP contribution is -2.04. The fraction of sp³-hybridized carbons (Fsp3) is 0.250. The van der Waals surface area contributed by atoms with Crippen LogP contribution in [0, 0.1) is 21.4 Å². The number of nitriles is 1. The Morgan fingerprint density at radius 3 is 2.69 bits per heavy atom. The molecule has 1 aromatic rings. The molecule has 16 heavy (non-hydrogen) atoms. The van der Waals surface area contributed by atoms with E-state index in [1.54, 1.807) is 6.07 Å². The van der Waals surface area contributed by atoms with Crippen molar-refractivity contribution in [3.8, 4) is 6.07 Å². The third-order valence-electron chi connectivity index (χ3n) is 1.76. The van der Waals surface area contributed by atoms with Crippen molar-refractivity contribution in [2.24, 2.45) is 0 Å². The standard InChI is InChI=1S/C8H4ClF2N3O2/c9-2-5-4(3-12)1-6(14(15)16)7(13-5)8(10)11/h1,8H,2H2. The average molecular weight is 248 g/mol. The van der Waals surface area contributed by atoms with Gasteiger partial charge in [-0.05, 0) is 0 Å². The summed E-state index contributed by atoms with van der Waals surface area (Å²) in [6.45, 7) is 0. The van der Waals surface area contributed by atoms with Gasteiger partial charge in [-0.3, -0.25) is 10.1 Å². The van der Waals surface area contributed by atoms with Crippen LogP contribution in [0.15, 0.2) is 6.07 Å². The molecule has 0 bridgehead atoms. The van der Waals surface area contributed by atoms with Gasteiger partial charge in [-0.1, -0.05) is 0 Å². The molecule has 0 aliphatic rings. The lowest BCUT2D eigenvalue weighted by Gasteiger charge is -2.04. The van der Waals surface area contributed by atoms with E-state index in [9.17, 15) is 18.9 Å². The Kier molecular flexibility index (Phi) is 3.68. The van der Waals surface area contributed by atoms with Crippen molar-refractivity contribution in [1.82, 2.24) is 4.98 Å². The van der Waals surface area contributed by atoms with Crippen molar-refractivity contribution in [3.05, 3.63) is 33.1 Å². The minimum atomic E-state index is -3.09. The lowest BCUT2D eigenvalue weighted by atomic mass is 10.1. The second-order valence-electron chi connectivity index (χ2n) is 2.69. The van der Waals surface area contributed by atoms with E-state index in [0.717, 1.165) is 6.07 Å². The summed E-state index contributed by atoms with van der Waals surface area (Å²) in [6.07, 6.45) is -3.09. The van der Waals surface area contributed by atoms with Crippen LogP contribution in [0.2, 0.25) is 0 Å². The van der Waals surface area contributed by atoms with Gasteiger partial charge in [0.25, 0.3) is 12.1 Å². The summed E-state index contributed by atoms with van der Waals surface area (Å²) in [5.74, 6) is -0.263. The van der Waals surface area contributed by atoms with Crippen molar-refractivity contribution in [3.63, 3.8) is 0 Å². The number of aromatic nitrogens is 1. The molecule has 0 aliphatic heterocycles. The molecule has 8 heteroatoms. The lowest BCUT2D eigenvalue weighted by molar-refractivity contribution is -0.386. The number of hydrogen-bond acceptors (Lipinski definition) is 4. The molecule has 0 amide bonds. The largest absolute Gasteiger partial charge is 0.298 e. The molecule has 0 N–H and O–H groups in total. The molecule has 0 aliphatic carbocycles. The van der Waals surface area contributed by atoms with Crippen molar-refractivity contribution >= 4 is 17.3 Å². The Morgan fingerprint density at radius 1 is 1.69 bits per heavy atom. The normalized spacial score (nSPS) is 10.2. The SMILES string of the molecule is N#Cc1cc([N+](=O)[O-])c(C(F)F)nc1CCl. The van der Waals surface area contributed by atoms with Gasteiger partial charge < -0.3 is 0 Å². The van der Waals surface area contributed by atoms with Gasteiger partial charge in [0.15, 0.2) is 5.69 Å². The van der Waals surface area contributed by atoms with Crippen LogP contribution in [-0.2, 0) is 5.88 Å². The van der Waals surface area contributed by atoms with E-state index < -0.39 is 22.7 Å². The third kappa shape index (κ3) is 2.23. The summed E-state index contributed by atoms with van der Waals surface area (Å²) in [5, 5.41) is 19.1. The van der Waals surface area contributed by atoms with Crippen LogP contribution in [0.25, 0.3) is 0 Å². The Hall–Kier alpha value is -1.81. The molecule has 1 heterocycles. The van der Waals surface area contributed by atoms with Crippen LogP contribution in [-0.4, -0.2) is 9.91 Å². The van der Waals surface area contributed by atoms with Gasteiger partial charge in [0.2, 0.25) is 0 Å². The van der Waals surface area contributed by atoms with Gasteiger partial charge >= 0.3 is 0 Å². The van der Waals surface area contributed by atoms with E-state index in [-0.39, 0.29) is 17.1 Å². The topological polar surface area (TPSA) is 79.8 Å². The first-order valence-corrected chi connectivity index (χ1v) is 4.47. The molecular weight excluding hydrogens is 244 g/mol. The van der Waals surface area contributed by atoms with Crippen LogP contribution >= 0.6 is 11.6 Å². The van der Waals surface area contributed by atoms with Crippen LogP contribution < -0.4 is 0 Å². The number of halogens is 3. The first-order chi connectivity index (χ1) is 7.51. The van der Waals surface area contributed by atoms with Crippen molar-refractivity contribution in [2.45, 2.75) is 12.3 Å². The summed E-state index contributed by atoms with van der Waals surface area (Å²) in [4.78, 5) is 12.8.